The zero-order chi connectivity index (χ0) is 19.4. The molecule has 0 aliphatic heterocycles. The number of rotatable bonds is 6. The van der Waals surface area contributed by atoms with Gasteiger partial charge in [0.25, 0.3) is 0 Å². The number of carbonyl (C=O) groups is 1. The summed E-state index contributed by atoms with van der Waals surface area (Å²) in [6.45, 7) is 1.95. The fraction of sp³-hybridized carbons (Fsp3) is 0.200. The minimum absolute atomic E-state index is 0.0282. The Morgan fingerprint density at radius 2 is 2.07 bits per heavy atom. The van der Waals surface area contributed by atoms with E-state index in [1.165, 1.54) is 7.11 Å². The molecule has 7 nitrogen and oxygen atoms in total. The van der Waals surface area contributed by atoms with E-state index < -0.39 is 5.97 Å². The first-order valence-electron chi connectivity index (χ1n) is 8.26. The highest BCUT2D eigenvalue weighted by Gasteiger charge is 2.17. The summed E-state index contributed by atoms with van der Waals surface area (Å²) >= 11 is 0. The molecule has 0 bridgehead atoms. The summed E-state index contributed by atoms with van der Waals surface area (Å²) < 4.78 is 17.3. The molecule has 3 aromatic rings. The number of phenolic OH excluding ortho intramolecular Hbond substituents is 1. The van der Waals surface area contributed by atoms with Crippen LogP contribution >= 0.6 is 0 Å². The fourth-order valence-corrected chi connectivity index (χ4v) is 2.80. The summed E-state index contributed by atoms with van der Waals surface area (Å²) in [5.41, 5.74) is 2.14. The minimum atomic E-state index is -0.491. The van der Waals surface area contributed by atoms with E-state index in [4.69, 9.17) is 14.2 Å². The first-order valence-corrected chi connectivity index (χ1v) is 8.26. The van der Waals surface area contributed by atoms with E-state index in [0.29, 0.717) is 22.4 Å². The van der Waals surface area contributed by atoms with Crippen LogP contribution in [-0.4, -0.2) is 36.2 Å². The number of ether oxygens (including phenoxy) is 3. The smallest absolute Gasteiger partial charge is 0.341 e. The van der Waals surface area contributed by atoms with Crippen LogP contribution in [0.2, 0.25) is 0 Å². The third-order valence-corrected chi connectivity index (χ3v) is 3.98. The van der Waals surface area contributed by atoms with Crippen molar-refractivity contribution < 1.29 is 24.1 Å². The number of phenols is 1. The Balaban J connectivity index is 2.13. The molecule has 2 aromatic carbocycles. The fourth-order valence-electron chi connectivity index (χ4n) is 2.80. The van der Waals surface area contributed by atoms with Gasteiger partial charge in [-0.05, 0) is 37.3 Å². The number of aromatic nitrogens is 1. The van der Waals surface area contributed by atoms with Gasteiger partial charge in [-0.2, -0.15) is 5.26 Å². The van der Waals surface area contributed by atoms with Crippen LogP contribution in [0.1, 0.15) is 22.8 Å². The Morgan fingerprint density at radius 1 is 1.26 bits per heavy atom. The summed E-state index contributed by atoms with van der Waals surface area (Å²) in [6.07, 6.45) is 1.67. The predicted molar refractivity (Wildman–Crippen MR) is 98.1 cm³/mol. The van der Waals surface area contributed by atoms with Crippen LogP contribution < -0.4 is 4.74 Å². The standard InChI is InChI=1S/C20H18N2O5/c1-3-26-20(24)16-6-4-14(8-19(16)27-12-25-2)22-11-13(10-21)17-9-15(23)5-7-18(17)22/h4-9,11,23H,3,12H2,1-2H3. The summed E-state index contributed by atoms with van der Waals surface area (Å²) in [5.74, 6) is -0.0967. The van der Waals surface area contributed by atoms with Gasteiger partial charge in [-0.15, -0.1) is 0 Å². The monoisotopic (exact) mass is 366 g/mol. The SMILES string of the molecule is CCOC(=O)c1ccc(-n2cc(C#N)c3cc(O)ccc32)cc1OCOC. The summed E-state index contributed by atoms with van der Waals surface area (Å²) in [6, 6.07) is 12.0. The Kier molecular flexibility index (Phi) is 5.29. The van der Waals surface area contributed by atoms with Crippen molar-refractivity contribution in [3.63, 3.8) is 0 Å². The molecule has 0 radical (unpaired) electrons. The molecule has 1 heterocycles. The lowest BCUT2D eigenvalue weighted by molar-refractivity contribution is 0.0438. The molecule has 0 aliphatic rings. The van der Waals surface area contributed by atoms with Gasteiger partial charge in [-0.3, -0.25) is 0 Å². The zero-order valence-corrected chi connectivity index (χ0v) is 14.9. The van der Waals surface area contributed by atoms with Gasteiger partial charge >= 0.3 is 5.97 Å². The van der Waals surface area contributed by atoms with Gasteiger partial charge in [0.2, 0.25) is 0 Å². The lowest BCUT2D eigenvalue weighted by Crippen LogP contribution is -2.10. The molecule has 0 unspecified atom stereocenters. The number of hydrogen-bond donors (Lipinski definition) is 1. The van der Waals surface area contributed by atoms with Gasteiger partial charge < -0.3 is 23.9 Å². The average molecular weight is 366 g/mol. The second kappa shape index (κ2) is 7.81. The summed E-state index contributed by atoms with van der Waals surface area (Å²) in [7, 11) is 1.49. The number of nitrogens with zero attached hydrogens (tertiary/aromatic N) is 2. The van der Waals surface area contributed by atoms with E-state index in [1.54, 1.807) is 54.1 Å². The predicted octanol–water partition coefficient (Wildman–Crippen LogP) is 3.37. The van der Waals surface area contributed by atoms with Crippen molar-refractivity contribution in [2.45, 2.75) is 6.92 Å². The number of carbonyl (C=O) groups excluding carboxylic acids is 1. The highest BCUT2D eigenvalue weighted by Crippen LogP contribution is 2.30. The first-order chi connectivity index (χ1) is 13.1. The molecule has 27 heavy (non-hydrogen) atoms. The lowest BCUT2D eigenvalue weighted by atomic mass is 10.1. The normalized spacial score (nSPS) is 10.6. The van der Waals surface area contributed by atoms with Gasteiger partial charge in [0.05, 0.1) is 17.7 Å². The van der Waals surface area contributed by atoms with Crippen LogP contribution in [0.4, 0.5) is 0 Å². The molecule has 3 rings (SSSR count). The van der Waals surface area contributed by atoms with Crippen LogP contribution in [0.5, 0.6) is 11.5 Å². The molecule has 0 fully saturated rings. The number of methoxy groups -OCH3 is 1. The number of aromatic hydroxyl groups is 1. The van der Waals surface area contributed by atoms with E-state index in [1.807, 2.05) is 0 Å². The van der Waals surface area contributed by atoms with Crippen LogP contribution in [0.3, 0.4) is 0 Å². The van der Waals surface area contributed by atoms with E-state index in [2.05, 4.69) is 6.07 Å². The van der Waals surface area contributed by atoms with E-state index in [0.717, 1.165) is 5.52 Å². The molecular weight excluding hydrogens is 348 g/mol. The van der Waals surface area contributed by atoms with E-state index in [9.17, 15) is 15.2 Å². The number of benzene rings is 2. The zero-order valence-electron chi connectivity index (χ0n) is 14.9. The van der Waals surface area contributed by atoms with Crippen molar-refractivity contribution in [3.8, 4) is 23.3 Å². The van der Waals surface area contributed by atoms with Crippen molar-refractivity contribution in [1.29, 1.82) is 5.26 Å². The molecule has 1 N–H and O–H groups in total. The molecule has 0 atom stereocenters. The Hall–Kier alpha value is -3.50. The maximum Gasteiger partial charge on any atom is 0.341 e. The molecule has 7 heteroatoms. The Morgan fingerprint density at radius 3 is 2.78 bits per heavy atom. The van der Waals surface area contributed by atoms with Crippen LogP contribution in [0.15, 0.2) is 42.6 Å². The third-order valence-electron chi connectivity index (χ3n) is 3.98. The molecule has 0 aliphatic carbocycles. The number of hydrogen-bond acceptors (Lipinski definition) is 6. The summed E-state index contributed by atoms with van der Waals surface area (Å²) in [5, 5.41) is 19.7. The van der Waals surface area contributed by atoms with Gasteiger partial charge in [0.1, 0.15) is 23.1 Å². The van der Waals surface area contributed by atoms with Gasteiger partial charge in [0.15, 0.2) is 6.79 Å². The quantitative estimate of drug-likeness (QED) is 0.531. The van der Waals surface area contributed by atoms with Crippen molar-refractivity contribution in [2.75, 3.05) is 20.5 Å². The maximum absolute atomic E-state index is 12.2. The minimum Gasteiger partial charge on any atom is -0.508 e. The molecule has 0 saturated heterocycles. The molecule has 0 amide bonds. The van der Waals surface area contributed by atoms with Crippen molar-refractivity contribution in [2.24, 2.45) is 0 Å². The van der Waals surface area contributed by atoms with E-state index >= 15 is 0 Å². The molecule has 1 aromatic heterocycles. The Bertz CT molecular complexity index is 1030. The largest absolute Gasteiger partial charge is 0.508 e. The molecule has 0 saturated carbocycles. The van der Waals surface area contributed by atoms with Crippen LogP contribution in [-0.2, 0) is 9.47 Å². The molecular formula is C20H18N2O5. The van der Waals surface area contributed by atoms with Gasteiger partial charge in [-0.1, -0.05) is 0 Å². The number of nitriles is 1. The van der Waals surface area contributed by atoms with Gasteiger partial charge in [0, 0.05) is 30.4 Å². The first kappa shape index (κ1) is 18.3. The van der Waals surface area contributed by atoms with Crippen molar-refractivity contribution in [1.82, 2.24) is 4.57 Å². The lowest BCUT2D eigenvalue weighted by Gasteiger charge is -2.13. The highest BCUT2D eigenvalue weighted by molar-refractivity contribution is 5.93. The molecule has 0 spiro atoms. The van der Waals surface area contributed by atoms with Crippen molar-refractivity contribution >= 4 is 16.9 Å². The summed E-state index contributed by atoms with van der Waals surface area (Å²) in [4.78, 5) is 12.2. The highest BCUT2D eigenvalue weighted by atomic mass is 16.7. The third kappa shape index (κ3) is 3.57. The second-order valence-electron chi connectivity index (χ2n) is 5.68. The second-order valence-corrected chi connectivity index (χ2v) is 5.68. The van der Waals surface area contributed by atoms with Crippen LogP contribution in [0, 0.1) is 11.3 Å². The average Bonchev–Trinajstić information content (AvgIpc) is 3.04. The number of esters is 1. The van der Waals surface area contributed by atoms with Crippen molar-refractivity contribution in [3.05, 3.63) is 53.7 Å². The molecule has 138 valence electrons. The van der Waals surface area contributed by atoms with Gasteiger partial charge in [-0.25, -0.2) is 4.79 Å². The van der Waals surface area contributed by atoms with E-state index in [-0.39, 0.29) is 24.7 Å². The number of fused-ring (bicyclic) bond motifs is 1. The topological polar surface area (TPSA) is 93.7 Å². The Labute approximate surface area is 155 Å². The van der Waals surface area contributed by atoms with Crippen LogP contribution in [0.25, 0.3) is 16.6 Å². The maximum atomic E-state index is 12.2.